The lowest BCUT2D eigenvalue weighted by atomic mass is 9.81. The third-order valence-electron chi connectivity index (χ3n) is 9.96. The first-order valence-electron chi connectivity index (χ1n) is 16.6. The van der Waals surface area contributed by atoms with Crippen LogP contribution in [0.5, 0.6) is 5.75 Å². The Kier molecular flexibility index (Phi) is 9.06. The molecule has 2 N–H and O–H groups in total. The molecule has 1 saturated carbocycles. The molecule has 3 heterocycles. The van der Waals surface area contributed by atoms with Crippen molar-refractivity contribution in [1.82, 2.24) is 23.8 Å². The van der Waals surface area contributed by atoms with Gasteiger partial charge in [0.05, 0.1) is 11.7 Å². The van der Waals surface area contributed by atoms with E-state index in [2.05, 4.69) is 31.6 Å². The van der Waals surface area contributed by atoms with Gasteiger partial charge in [0.2, 0.25) is 0 Å². The van der Waals surface area contributed by atoms with E-state index in [1.54, 1.807) is 6.07 Å². The van der Waals surface area contributed by atoms with Gasteiger partial charge < -0.3 is 14.6 Å². The Bertz CT molecular complexity index is 1870. The first-order valence-corrected chi connectivity index (χ1v) is 18.1. The highest BCUT2D eigenvalue weighted by Crippen LogP contribution is 2.47. The maximum Gasteiger partial charge on any atom is 0.303 e. The van der Waals surface area contributed by atoms with Crippen molar-refractivity contribution in [2.24, 2.45) is 0 Å². The number of hydrogen-bond acceptors (Lipinski definition) is 6. The molecule has 1 fully saturated rings. The Morgan fingerprint density at radius 2 is 1.74 bits per heavy atom. The summed E-state index contributed by atoms with van der Waals surface area (Å²) in [7, 11) is -2.58. The molecule has 1 aliphatic carbocycles. The van der Waals surface area contributed by atoms with Gasteiger partial charge in [-0.05, 0) is 54.2 Å². The monoisotopic (exact) mass is 659 g/mol. The SMILES string of the molecule is CN1CCNCCN(Cc2ccccc2)[C@H]2COc3cc(F)ccc3-c3c(C4CCCCC4)c4ccc(cc4n3C2)C(=O)NS1(=O)=O. The molecule has 1 amide bonds. The summed E-state index contributed by atoms with van der Waals surface area (Å²) in [5.74, 6) is -0.221. The number of carbonyl (C=O) groups excluding carboxylic acids is 1. The van der Waals surface area contributed by atoms with Gasteiger partial charge in [0.15, 0.2) is 0 Å². The van der Waals surface area contributed by atoms with Crippen LogP contribution in [-0.4, -0.2) is 74.0 Å². The predicted octanol–water partition coefficient (Wildman–Crippen LogP) is 5.27. The minimum Gasteiger partial charge on any atom is -0.491 e. The molecule has 0 saturated heterocycles. The molecular weight excluding hydrogens is 617 g/mol. The van der Waals surface area contributed by atoms with Gasteiger partial charge in [0.1, 0.15) is 18.2 Å². The van der Waals surface area contributed by atoms with Crippen molar-refractivity contribution in [3.05, 3.63) is 89.2 Å². The molecule has 3 aromatic carbocycles. The van der Waals surface area contributed by atoms with E-state index in [9.17, 15) is 17.6 Å². The minimum atomic E-state index is -4.05. The molecule has 3 aliphatic rings. The molecule has 0 unspecified atom stereocenters. The van der Waals surface area contributed by atoms with Crippen molar-refractivity contribution in [2.45, 2.75) is 57.2 Å². The number of ether oxygens (including phenoxy) is 1. The third kappa shape index (κ3) is 6.54. The third-order valence-corrected chi connectivity index (χ3v) is 11.4. The molecule has 0 radical (unpaired) electrons. The van der Waals surface area contributed by atoms with Crippen molar-refractivity contribution < 1.29 is 22.3 Å². The Balaban J connectivity index is 1.45. The fourth-order valence-electron chi connectivity index (χ4n) is 7.45. The normalized spacial score (nSPS) is 21.6. The highest BCUT2D eigenvalue weighted by atomic mass is 32.2. The average Bonchev–Trinajstić information content (AvgIpc) is 3.37. The Labute approximate surface area is 275 Å². The lowest BCUT2D eigenvalue weighted by Gasteiger charge is -2.35. The van der Waals surface area contributed by atoms with E-state index in [0.717, 1.165) is 52.1 Å². The molecule has 4 bridgehead atoms. The van der Waals surface area contributed by atoms with Gasteiger partial charge in [0, 0.05) is 74.4 Å². The highest BCUT2D eigenvalue weighted by Gasteiger charge is 2.33. The van der Waals surface area contributed by atoms with Crippen LogP contribution in [0, 0.1) is 5.82 Å². The molecule has 2 aliphatic heterocycles. The summed E-state index contributed by atoms with van der Waals surface area (Å²) in [4.78, 5) is 15.9. The Morgan fingerprint density at radius 1 is 0.957 bits per heavy atom. The van der Waals surface area contributed by atoms with E-state index in [-0.39, 0.29) is 24.0 Å². The zero-order chi connectivity index (χ0) is 32.5. The number of carbonyl (C=O) groups is 1. The van der Waals surface area contributed by atoms with Gasteiger partial charge in [-0.1, -0.05) is 55.7 Å². The van der Waals surface area contributed by atoms with E-state index in [1.165, 1.54) is 36.7 Å². The van der Waals surface area contributed by atoms with E-state index in [4.69, 9.17) is 4.74 Å². The molecule has 9 nitrogen and oxygen atoms in total. The number of rotatable bonds is 3. The molecule has 248 valence electrons. The number of hydrogen-bond donors (Lipinski definition) is 2. The number of benzene rings is 3. The Hall–Kier alpha value is -3.77. The number of nitrogens with zero attached hydrogens (tertiary/aromatic N) is 3. The number of fused-ring (bicyclic) bond motifs is 4. The first-order chi connectivity index (χ1) is 22.8. The van der Waals surface area contributed by atoms with E-state index in [0.29, 0.717) is 51.0 Å². The van der Waals surface area contributed by atoms with Crippen LogP contribution in [0.3, 0.4) is 0 Å². The van der Waals surface area contributed by atoms with Crippen molar-refractivity contribution in [1.29, 1.82) is 0 Å². The molecule has 11 heteroatoms. The summed E-state index contributed by atoms with van der Waals surface area (Å²) in [5.41, 5.74) is 5.33. The standard InChI is InChI=1S/C36H42FN5O4S/c1-40-18-16-38-17-19-41(22-25-8-4-2-5-9-25)29-23-42-32-20-27(36(43)39-47(40,44)45)12-14-30(32)34(26-10-6-3-7-11-26)35(42)31-15-13-28(37)21-33(31)46-24-29/h2,4-5,8-9,12-15,20-21,26,29,38H,3,6-7,10-11,16-19,22-24H2,1H3,(H,39,43)/t29-/m1/s1. The molecular formula is C36H42FN5O4S. The summed E-state index contributed by atoms with van der Waals surface area (Å²) in [5, 5.41) is 4.43. The van der Waals surface area contributed by atoms with Gasteiger partial charge in [-0.2, -0.15) is 12.7 Å². The smallest absolute Gasteiger partial charge is 0.303 e. The van der Waals surface area contributed by atoms with Crippen LogP contribution >= 0.6 is 0 Å². The molecule has 1 atom stereocenters. The number of aromatic nitrogens is 1. The summed E-state index contributed by atoms with van der Waals surface area (Å²) >= 11 is 0. The average molecular weight is 660 g/mol. The first kappa shape index (κ1) is 31.8. The lowest BCUT2D eigenvalue weighted by Crippen LogP contribution is -2.47. The summed E-state index contributed by atoms with van der Waals surface area (Å²) in [6.45, 7) is 3.52. The van der Waals surface area contributed by atoms with Gasteiger partial charge in [-0.15, -0.1) is 0 Å². The summed E-state index contributed by atoms with van der Waals surface area (Å²) in [6.07, 6.45) is 5.57. The van der Waals surface area contributed by atoms with Crippen LogP contribution in [0.15, 0.2) is 66.7 Å². The van der Waals surface area contributed by atoms with Crippen LogP contribution < -0.4 is 14.8 Å². The second kappa shape index (κ2) is 13.4. The largest absolute Gasteiger partial charge is 0.491 e. The maximum absolute atomic E-state index is 14.8. The van der Waals surface area contributed by atoms with E-state index >= 15 is 0 Å². The van der Waals surface area contributed by atoms with Crippen LogP contribution in [-0.2, 0) is 23.3 Å². The molecule has 7 rings (SSSR count). The van der Waals surface area contributed by atoms with E-state index < -0.39 is 16.1 Å². The summed E-state index contributed by atoms with van der Waals surface area (Å²) < 4.78 is 53.3. The van der Waals surface area contributed by atoms with Crippen molar-refractivity contribution in [3.63, 3.8) is 0 Å². The predicted molar refractivity (Wildman–Crippen MR) is 181 cm³/mol. The number of amides is 1. The molecule has 1 aromatic heterocycles. The van der Waals surface area contributed by atoms with Crippen LogP contribution in [0.2, 0.25) is 0 Å². The van der Waals surface area contributed by atoms with Crippen LogP contribution in [0.1, 0.15) is 59.5 Å². The van der Waals surface area contributed by atoms with Gasteiger partial charge in [-0.25, -0.2) is 9.11 Å². The van der Waals surface area contributed by atoms with Gasteiger partial charge in [0.25, 0.3) is 5.91 Å². The zero-order valence-corrected chi connectivity index (χ0v) is 27.6. The van der Waals surface area contributed by atoms with Crippen molar-refractivity contribution >= 4 is 27.0 Å². The van der Waals surface area contributed by atoms with Crippen molar-refractivity contribution in [3.8, 4) is 17.0 Å². The highest BCUT2D eigenvalue weighted by molar-refractivity contribution is 7.87. The van der Waals surface area contributed by atoms with Crippen molar-refractivity contribution in [2.75, 3.05) is 39.8 Å². The second-order valence-electron chi connectivity index (χ2n) is 13.0. The number of likely N-dealkylation sites (N-methyl/N-ethyl adjacent to an activating group) is 1. The number of halogens is 1. The van der Waals surface area contributed by atoms with Crippen LogP contribution in [0.25, 0.3) is 22.2 Å². The lowest BCUT2D eigenvalue weighted by molar-refractivity contribution is 0.0979. The fourth-order valence-corrected chi connectivity index (χ4v) is 8.29. The van der Waals surface area contributed by atoms with Gasteiger partial charge >= 0.3 is 10.2 Å². The fraction of sp³-hybridized carbons (Fsp3) is 0.417. The van der Waals surface area contributed by atoms with E-state index in [1.807, 2.05) is 36.4 Å². The summed E-state index contributed by atoms with van der Waals surface area (Å²) in [6, 6.07) is 20.5. The Morgan fingerprint density at radius 3 is 2.55 bits per heavy atom. The molecule has 0 spiro atoms. The molecule has 4 aromatic rings. The minimum absolute atomic E-state index is 0.0876. The van der Waals surface area contributed by atoms with Crippen LogP contribution in [0.4, 0.5) is 4.39 Å². The second-order valence-corrected chi connectivity index (χ2v) is 14.8. The zero-order valence-electron chi connectivity index (χ0n) is 26.8. The topological polar surface area (TPSA) is 95.9 Å². The maximum atomic E-state index is 14.8. The molecule has 47 heavy (non-hydrogen) atoms. The quantitative estimate of drug-likeness (QED) is 0.312. The van der Waals surface area contributed by atoms with Gasteiger partial charge in [-0.3, -0.25) is 9.69 Å². The number of nitrogens with one attached hydrogen (secondary N) is 2.